The van der Waals surface area contributed by atoms with E-state index in [2.05, 4.69) is 16.0 Å². The van der Waals surface area contributed by atoms with Gasteiger partial charge in [-0.3, -0.25) is 14.4 Å². The Labute approximate surface area is 631 Å². The van der Waals surface area contributed by atoms with Crippen LogP contribution in [0, 0.1) is 47.3 Å². The molecule has 7 heterocycles. The molecule has 7 fully saturated rings. The maximum atomic E-state index is 13.1. The van der Waals surface area contributed by atoms with Gasteiger partial charge in [-0.15, -0.1) is 0 Å². The van der Waals surface area contributed by atoms with Gasteiger partial charge in [0, 0.05) is 62.2 Å². The van der Waals surface area contributed by atoms with Crippen LogP contribution < -0.4 is 16.0 Å². The number of rotatable bonds is 40. The minimum Gasteiger partial charge on any atom is -0.394 e. The van der Waals surface area contributed by atoms with Gasteiger partial charge in [-0.1, -0.05) is 13.8 Å². The molecule has 7 rings (SSSR count). The Bertz CT molecular complexity index is 2660. The van der Waals surface area contributed by atoms with Crippen LogP contribution in [0.1, 0.15) is 54.4 Å². The van der Waals surface area contributed by atoms with Gasteiger partial charge in [0.25, 0.3) is 0 Å². The first-order chi connectivity index (χ1) is 51.8. The first kappa shape index (κ1) is 93.2. The van der Waals surface area contributed by atoms with Crippen LogP contribution in [0.4, 0.5) is 0 Å². The fourth-order valence-corrected chi connectivity index (χ4v) is 16.1. The van der Waals surface area contributed by atoms with E-state index in [0.717, 1.165) is 0 Å². The second-order valence-corrected chi connectivity index (χ2v) is 30.1. The Morgan fingerprint density at radius 3 is 1.09 bits per heavy atom. The number of hydrogen-bond acceptors (Lipinski definition) is 37. The van der Waals surface area contributed by atoms with Gasteiger partial charge in [0.05, 0.1) is 223 Å². The summed E-state index contributed by atoms with van der Waals surface area (Å²) < 4.78 is 78.4. The first-order valence-electron chi connectivity index (χ1n) is 37.5. The van der Waals surface area contributed by atoms with Crippen molar-refractivity contribution >= 4 is 17.7 Å². The minimum atomic E-state index is -1.69. The summed E-state index contributed by atoms with van der Waals surface area (Å²) in [5.74, 6) is -9.16. The summed E-state index contributed by atoms with van der Waals surface area (Å²) in [4.78, 5) is 38.7. The van der Waals surface area contributed by atoms with Crippen LogP contribution in [0.2, 0.25) is 0 Å². The maximum absolute atomic E-state index is 13.1. The molecular weight excluding hydrogens is 1460 g/mol. The van der Waals surface area contributed by atoms with Crippen molar-refractivity contribution in [2.45, 2.75) is 243 Å². The van der Waals surface area contributed by atoms with E-state index in [0.29, 0.717) is 0 Å². The van der Waals surface area contributed by atoms with E-state index >= 15 is 0 Å². The SMILES string of the molecule is CC(=O)NC1C(COC[C@@H]2OC(CO)[C@H](O)C(C)C2O)[C@H](O)C(COC[C@@H]2OC(CO)[C@@H](COC[C@@H]3OC(CO)[C@H](O)C(COC[C@@H]4OC(CO)[C@@H](O)C(COC[C@@H]5OC(CO)[C@H](O)C(O)C5O)C4NC(C)=O)C3O)C(C)C2NC(C)=O)O[C@H]1CCC1C(O)C(CO)O[C@@H](COC[C@H](C(O)CO)C(O)C(C)O)C1O. The molecule has 0 aromatic carbocycles. The molecule has 40 nitrogen and oxygen atoms in total. The van der Waals surface area contributed by atoms with Crippen molar-refractivity contribution in [3.63, 3.8) is 0 Å². The van der Waals surface area contributed by atoms with Crippen molar-refractivity contribution in [3.8, 4) is 0 Å². The van der Waals surface area contributed by atoms with Crippen LogP contribution in [-0.4, -0.2) is 440 Å². The molecular formula is C69H123N3O37. The summed E-state index contributed by atoms with van der Waals surface area (Å²) in [5.41, 5.74) is 0. The van der Waals surface area contributed by atoms with Crippen LogP contribution in [-0.2, 0) is 76.0 Å². The maximum Gasteiger partial charge on any atom is 0.217 e. The monoisotopic (exact) mass is 1590 g/mol. The summed E-state index contributed by atoms with van der Waals surface area (Å²) in [6, 6.07) is -3.01. The normalized spacial score (nSPS) is 42.7. The number of ether oxygens (including phenoxy) is 13. The van der Waals surface area contributed by atoms with Crippen LogP contribution in [0.15, 0.2) is 0 Å². The number of carbonyl (C=O) groups is 3. The van der Waals surface area contributed by atoms with Crippen molar-refractivity contribution < 1.29 is 183 Å². The highest BCUT2D eigenvalue weighted by molar-refractivity contribution is 5.74. The summed E-state index contributed by atoms with van der Waals surface area (Å²) in [6.07, 6.45) is -37.3. The lowest BCUT2D eigenvalue weighted by Crippen LogP contribution is -2.64. The van der Waals surface area contributed by atoms with E-state index < -0.39 is 333 Å². The van der Waals surface area contributed by atoms with Gasteiger partial charge in [0.15, 0.2) is 0 Å². The number of amides is 3. The summed E-state index contributed by atoms with van der Waals surface area (Å²) in [6.45, 7) is -0.814. The fourth-order valence-electron chi connectivity index (χ4n) is 16.1. The van der Waals surface area contributed by atoms with E-state index in [4.69, 9.17) is 61.6 Å². The highest BCUT2D eigenvalue weighted by atomic mass is 16.6. The van der Waals surface area contributed by atoms with Gasteiger partial charge in [-0.2, -0.15) is 0 Å². The molecule has 0 saturated carbocycles. The molecule has 636 valence electrons. The lowest BCUT2D eigenvalue weighted by molar-refractivity contribution is -0.244. The summed E-state index contributed by atoms with van der Waals surface area (Å²) in [7, 11) is 0. The standard InChI is InChI=1S/C69H123N3O37/c1-28-35(16-97-25-53-66(93)39(65(92)46(14-78)108-53)20-101-22-49-57(72-33(6)83)38(63(90)45(13-77)105-49)19-100-27-54-68(95)69(96)67(94)47(15-79)109-54)42(10-74)104-48(55(28)70-31(4)81)21-102-26-52-64(91)37(18-99-23-50-59(86)29(2)58(85)43(11-75)106-50)56(71-32(5)82)41(103-52)8-7-34-61(88)44(12-76)107-51(62(34)89)24-98-17-36(40(84)9-73)60(87)30(3)80/h28-30,34-69,73-80,84-96H,7-27H2,1-6H3,(H,70,81)(H,71,82)(H,72,83)/t28?,29?,30?,34?,35-,36+,37?,38?,39?,40?,41-,42?,43?,44?,45?,46?,47?,48-,49-,50-,51-,52?,53-,54-,55?,56?,57?,58+,59?,60?,61?,62?,63-,64-,65+,66?,67-,68?,69?/m0/s1. The Balaban J connectivity index is 1.01. The number of aliphatic hydroxyl groups is 21. The number of aliphatic hydroxyl groups excluding tert-OH is 21. The zero-order valence-electron chi connectivity index (χ0n) is 62.3. The Morgan fingerprint density at radius 1 is 0.321 bits per heavy atom. The van der Waals surface area contributed by atoms with Crippen LogP contribution in [0.25, 0.3) is 0 Å². The molecule has 3 amide bonds. The van der Waals surface area contributed by atoms with Crippen LogP contribution >= 0.6 is 0 Å². The van der Waals surface area contributed by atoms with Crippen molar-refractivity contribution in [2.75, 3.05) is 126 Å². The predicted molar refractivity (Wildman–Crippen MR) is 366 cm³/mol. The van der Waals surface area contributed by atoms with Gasteiger partial charge in [-0.05, 0) is 25.7 Å². The molecule has 40 heteroatoms. The van der Waals surface area contributed by atoms with Gasteiger partial charge in [0.2, 0.25) is 17.7 Å². The van der Waals surface area contributed by atoms with E-state index in [1.54, 1.807) is 13.8 Å². The van der Waals surface area contributed by atoms with Gasteiger partial charge in [-0.25, -0.2) is 0 Å². The van der Waals surface area contributed by atoms with E-state index in [-0.39, 0.29) is 59.1 Å². The molecule has 7 aliphatic rings. The number of nitrogens with one attached hydrogen (secondary N) is 3. The van der Waals surface area contributed by atoms with Crippen molar-refractivity contribution in [3.05, 3.63) is 0 Å². The Hall–Kier alpha value is -2.95. The molecule has 0 spiro atoms. The van der Waals surface area contributed by atoms with Crippen LogP contribution in [0.3, 0.4) is 0 Å². The third-order valence-corrected chi connectivity index (χ3v) is 22.6. The lowest BCUT2D eigenvalue weighted by Gasteiger charge is -2.48. The average molecular weight is 1590 g/mol. The zero-order chi connectivity index (χ0) is 80.4. The predicted octanol–water partition coefficient (Wildman–Crippen LogP) is -12.3. The Kier molecular flexibility index (Phi) is 38.0. The van der Waals surface area contributed by atoms with Gasteiger partial charge >= 0.3 is 0 Å². The highest BCUT2D eigenvalue weighted by Gasteiger charge is 2.53. The van der Waals surface area contributed by atoms with E-state index in [9.17, 15) is 122 Å². The van der Waals surface area contributed by atoms with E-state index in [1.807, 2.05) is 0 Å². The van der Waals surface area contributed by atoms with Gasteiger partial charge < -0.3 is 185 Å². The molecule has 24 N–H and O–H groups in total. The molecule has 7 aliphatic heterocycles. The second-order valence-electron chi connectivity index (χ2n) is 30.1. The lowest BCUT2D eigenvalue weighted by atomic mass is 9.78. The largest absolute Gasteiger partial charge is 0.394 e. The second kappa shape index (κ2) is 44.4. The van der Waals surface area contributed by atoms with Crippen LogP contribution in [0.5, 0.6) is 0 Å². The van der Waals surface area contributed by atoms with Crippen molar-refractivity contribution in [2.24, 2.45) is 47.3 Å². The minimum absolute atomic E-state index is 0.0820. The average Bonchev–Trinajstić information content (AvgIpc) is 0.802. The van der Waals surface area contributed by atoms with E-state index in [1.165, 1.54) is 27.7 Å². The third-order valence-electron chi connectivity index (χ3n) is 22.6. The topological polar surface area (TPSA) is 632 Å². The molecule has 7 saturated heterocycles. The molecule has 25 unspecified atom stereocenters. The molecule has 0 aromatic heterocycles. The molecule has 109 heavy (non-hydrogen) atoms. The molecule has 0 aliphatic carbocycles. The molecule has 0 aromatic rings. The number of hydrogen-bond donors (Lipinski definition) is 24. The Morgan fingerprint density at radius 2 is 0.624 bits per heavy atom. The quantitative estimate of drug-likeness (QED) is 0.0271. The summed E-state index contributed by atoms with van der Waals surface area (Å²) in [5, 5.41) is 234. The highest BCUT2D eigenvalue weighted by Crippen LogP contribution is 2.39. The van der Waals surface area contributed by atoms with Gasteiger partial charge in [0.1, 0.15) is 91.6 Å². The number of carbonyl (C=O) groups excluding carboxylic acids is 3. The first-order valence-corrected chi connectivity index (χ1v) is 37.5. The smallest absolute Gasteiger partial charge is 0.217 e. The molecule has 0 bridgehead atoms. The van der Waals surface area contributed by atoms with Crippen molar-refractivity contribution in [1.29, 1.82) is 0 Å². The zero-order valence-corrected chi connectivity index (χ0v) is 62.3. The van der Waals surface area contributed by atoms with Crippen molar-refractivity contribution in [1.82, 2.24) is 16.0 Å². The third kappa shape index (κ3) is 23.9. The molecule has 0 radical (unpaired) electrons. The fraction of sp³-hybridized carbons (Fsp3) is 0.957. The molecule has 39 atom stereocenters. The summed E-state index contributed by atoms with van der Waals surface area (Å²) >= 11 is 0.